The lowest BCUT2D eigenvalue weighted by molar-refractivity contribution is 0.474. The molecule has 21 heavy (non-hydrogen) atoms. The van der Waals surface area contributed by atoms with Crippen molar-refractivity contribution in [3.63, 3.8) is 0 Å². The lowest BCUT2D eigenvalue weighted by Crippen LogP contribution is -1.96. The van der Waals surface area contributed by atoms with Gasteiger partial charge in [-0.1, -0.05) is 65.1 Å². The molecule has 0 bridgehead atoms. The van der Waals surface area contributed by atoms with Crippen molar-refractivity contribution < 1.29 is 4.74 Å². The van der Waals surface area contributed by atoms with Gasteiger partial charge in [-0.3, -0.25) is 0 Å². The Labute approximate surface area is 144 Å². The highest BCUT2D eigenvalue weighted by Crippen LogP contribution is 2.38. The summed E-state index contributed by atoms with van der Waals surface area (Å²) in [5.74, 6) is 1.82. The first-order valence-corrected chi connectivity index (χ1v) is 8.63. The number of para-hydroxylation sites is 1. The van der Waals surface area contributed by atoms with E-state index in [1.807, 2.05) is 37.3 Å². The van der Waals surface area contributed by atoms with Crippen LogP contribution in [0.2, 0.25) is 10.0 Å². The summed E-state index contributed by atoms with van der Waals surface area (Å²) in [5.41, 5.74) is 3.08. The minimum Gasteiger partial charge on any atom is -0.455 e. The van der Waals surface area contributed by atoms with Gasteiger partial charge in [0, 0.05) is 15.9 Å². The highest BCUT2D eigenvalue weighted by atomic mass is 79.9. The van der Waals surface area contributed by atoms with E-state index in [2.05, 4.69) is 29.8 Å². The molecule has 1 nitrogen and oxygen atoms in total. The lowest BCUT2D eigenvalue weighted by Gasteiger charge is -2.16. The molecule has 112 valence electrons. The zero-order valence-electron chi connectivity index (χ0n) is 12.2. The third kappa shape index (κ3) is 3.74. The Balaban J connectivity index is 2.47. The van der Waals surface area contributed by atoms with Gasteiger partial charge in [0.2, 0.25) is 0 Å². The summed E-state index contributed by atoms with van der Waals surface area (Å²) in [7, 11) is 0. The van der Waals surface area contributed by atoms with Crippen LogP contribution in [0.1, 0.15) is 36.5 Å². The zero-order valence-corrected chi connectivity index (χ0v) is 15.3. The van der Waals surface area contributed by atoms with E-state index < -0.39 is 0 Å². The largest absolute Gasteiger partial charge is 0.455 e. The average molecular weight is 388 g/mol. The van der Waals surface area contributed by atoms with Crippen LogP contribution in [-0.4, -0.2) is 0 Å². The second-order valence-corrected chi connectivity index (χ2v) is 6.63. The molecular weight excluding hydrogens is 371 g/mol. The Morgan fingerprint density at radius 2 is 1.86 bits per heavy atom. The number of hydrogen-bond donors (Lipinski definition) is 0. The number of aryl methyl sites for hydroxylation is 1. The summed E-state index contributed by atoms with van der Waals surface area (Å²) in [6.45, 7) is 6.20. The molecule has 0 saturated carbocycles. The first-order valence-electron chi connectivity index (χ1n) is 6.75. The Morgan fingerprint density at radius 3 is 2.48 bits per heavy atom. The Hall–Kier alpha value is -0.700. The second kappa shape index (κ2) is 7.04. The van der Waals surface area contributed by atoms with Gasteiger partial charge in [-0.05, 0) is 42.2 Å². The second-order valence-electron chi connectivity index (χ2n) is 5.26. The molecule has 2 rings (SSSR count). The highest BCUT2D eigenvalue weighted by molar-refractivity contribution is 9.08. The van der Waals surface area contributed by atoms with E-state index in [4.69, 9.17) is 27.9 Å². The molecule has 0 aromatic heterocycles. The van der Waals surface area contributed by atoms with Crippen molar-refractivity contribution in [2.24, 2.45) is 0 Å². The number of halogens is 3. The van der Waals surface area contributed by atoms with Crippen molar-refractivity contribution in [3.05, 3.63) is 57.1 Å². The van der Waals surface area contributed by atoms with Gasteiger partial charge < -0.3 is 4.74 Å². The maximum Gasteiger partial charge on any atom is 0.150 e. The molecule has 2 aromatic rings. The Kier molecular flexibility index (Phi) is 5.59. The van der Waals surface area contributed by atoms with Crippen molar-refractivity contribution in [1.82, 2.24) is 0 Å². The molecule has 0 heterocycles. The first-order chi connectivity index (χ1) is 9.93. The van der Waals surface area contributed by atoms with Crippen LogP contribution in [0, 0.1) is 6.92 Å². The van der Waals surface area contributed by atoms with Gasteiger partial charge in [-0.25, -0.2) is 0 Å². The van der Waals surface area contributed by atoms with Crippen LogP contribution in [0.25, 0.3) is 0 Å². The Morgan fingerprint density at radius 1 is 1.14 bits per heavy atom. The summed E-state index contributed by atoms with van der Waals surface area (Å²) in [6, 6.07) is 9.68. The number of benzene rings is 2. The molecule has 0 unspecified atom stereocenters. The molecule has 0 fully saturated rings. The third-order valence-electron chi connectivity index (χ3n) is 3.32. The summed E-state index contributed by atoms with van der Waals surface area (Å²) in [4.78, 5) is 0. The van der Waals surface area contributed by atoms with E-state index >= 15 is 0 Å². The van der Waals surface area contributed by atoms with E-state index in [1.54, 1.807) is 0 Å². The van der Waals surface area contributed by atoms with E-state index in [0.29, 0.717) is 22.0 Å². The van der Waals surface area contributed by atoms with Crippen molar-refractivity contribution in [2.75, 3.05) is 0 Å². The average Bonchev–Trinajstić information content (AvgIpc) is 2.43. The van der Waals surface area contributed by atoms with Gasteiger partial charge in [0.15, 0.2) is 0 Å². The van der Waals surface area contributed by atoms with Crippen LogP contribution in [0.3, 0.4) is 0 Å². The van der Waals surface area contributed by atoms with Crippen molar-refractivity contribution in [3.8, 4) is 11.5 Å². The fraction of sp³-hybridized carbons (Fsp3) is 0.294. The van der Waals surface area contributed by atoms with Crippen LogP contribution in [0.4, 0.5) is 0 Å². The first kappa shape index (κ1) is 16.7. The summed E-state index contributed by atoms with van der Waals surface area (Å²) >= 11 is 16.0. The molecule has 0 N–H and O–H groups in total. The molecule has 0 aliphatic heterocycles. The lowest BCUT2D eigenvalue weighted by atomic mass is 10.0. The maximum absolute atomic E-state index is 6.30. The molecule has 2 aromatic carbocycles. The topological polar surface area (TPSA) is 9.23 Å². The number of ether oxygens (including phenoxy) is 1. The maximum atomic E-state index is 6.30. The highest BCUT2D eigenvalue weighted by Gasteiger charge is 2.14. The van der Waals surface area contributed by atoms with E-state index in [0.717, 1.165) is 27.5 Å². The number of rotatable bonds is 4. The van der Waals surface area contributed by atoms with Crippen LogP contribution >= 0.6 is 39.1 Å². The molecule has 0 aliphatic carbocycles. The fourth-order valence-corrected chi connectivity index (χ4v) is 3.21. The van der Waals surface area contributed by atoms with Crippen LogP contribution in [-0.2, 0) is 5.33 Å². The number of hydrogen-bond acceptors (Lipinski definition) is 1. The van der Waals surface area contributed by atoms with E-state index in [1.165, 1.54) is 0 Å². The fourth-order valence-electron chi connectivity index (χ4n) is 2.10. The molecule has 0 amide bonds. The quantitative estimate of drug-likeness (QED) is 0.507. The SMILES string of the molecule is Cc1cc(Cl)c(C(C)C)cc1Oc1c(Cl)cccc1CBr. The van der Waals surface area contributed by atoms with E-state index in [-0.39, 0.29) is 0 Å². The van der Waals surface area contributed by atoms with Gasteiger partial charge in [0.05, 0.1) is 5.02 Å². The smallest absolute Gasteiger partial charge is 0.150 e. The molecule has 0 aliphatic rings. The minimum absolute atomic E-state index is 0.336. The zero-order chi connectivity index (χ0) is 15.6. The van der Waals surface area contributed by atoms with Crippen LogP contribution in [0.5, 0.6) is 11.5 Å². The monoisotopic (exact) mass is 386 g/mol. The number of alkyl halides is 1. The third-order valence-corrected chi connectivity index (χ3v) is 4.55. The summed E-state index contributed by atoms with van der Waals surface area (Å²) in [6.07, 6.45) is 0. The van der Waals surface area contributed by atoms with Gasteiger partial charge in [-0.15, -0.1) is 0 Å². The molecular formula is C17H17BrCl2O. The normalized spacial score (nSPS) is 11.0. The van der Waals surface area contributed by atoms with Gasteiger partial charge in [-0.2, -0.15) is 0 Å². The predicted octanol–water partition coefficient (Wildman–Crippen LogP) is 7.11. The van der Waals surface area contributed by atoms with Gasteiger partial charge in [0.25, 0.3) is 0 Å². The van der Waals surface area contributed by atoms with Crippen molar-refractivity contribution >= 4 is 39.1 Å². The summed E-state index contributed by atoms with van der Waals surface area (Å²) in [5, 5.41) is 2.06. The Bertz CT molecular complexity index is 653. The molecule has 0 saturated heterocycles. The van der Waals surface area contributed by atoms with Gasteiger partial charge in [0.1, 0.15) is 11.5 Å². The standard InChI is InChI=1S/C17H17BrCl2O/c1-10(2)13-8-16(11(3)7-15(13)20)21-17-12(9-18)5-4-6-14(17)19/h4-8,10H,9H2,1-3H3. The van der Waals surface area contributed by atoms with Crippen LogP contribution in [0.15, 0.2) is 30.3 Å². The molecule has 0 atom stereocenters. The summed E-state index contributed by atoms with van der Waals surface area (Å²) < 4.78 is 6.09. The minimum atomic E-state index is 0.336. The van der Waals surface area contributed by atoms with Crippen molar-refractivity contribution in [2.45, 2.75) is 32.0 Å². The van der Waals surface area contributed by atoms with Gasteiger partial charge >= 0.3 is 0 Å². The van der Waals surface area contributed by atoms with E-state index in [9.17, 15) is 0 Å². The van der Waals surface area contributed by atoms with Crippen LogP contribution < -0.4 is 4.74 Å². The van der Waals surface area contributed by atoms with Crippen molar-refractivity contribution in [1.29, 1.82) is 0 Å². The molecule has 4 heteroatoms. The molecule has 0 radical (unpaired) electrons. The predicted molar refractivity (Wildman–Crippen MR) is 94.4 cm³/mol. The molecule has 0 spiro atoms.